The molecule has 0 bridgehead atoms. The molecule has 17 heteroatoms. The van der Waals surface area contributed by atoms with Crippen LogP contribution in [0.3, 0.4) is 0 Å². The quantitative estimate of drug-likeness (QED) is 0.0915. The summed E-state index contributed by atoms with van der Waals surface area (Å²) in [5.74, 6) is -0.434. The molecule has 2 atom stereocenters. The van der Waals surface area contributed by atoms with E-state index in [0.717, 1.165) is 24.3 Å². The third-order valence-electron chi connectivity index (χ3n) is 4.83. The van der Waals surface area contributed by atoms with Crippen molar-refractivity contribution in [3.8, 4) is 0 Å². The predicted octanol–water partition coefficient (Wildman–Crippen LogP) is 2.77. The van der Waals surface area contributed by atoms with Gasteiger partial charge in [0.2, 0.25) is 0 Å². The molecule has 1 aromatic rings. The zero-order valence-electron chi connectivity index (χ0n) is 27.8. The first kappa shape index (κ1) is 46.0. The molecule has 260 valence electrons. The topological polar surface area (TPSA) is 215 Å². The van der Waals surface area contributed by atoms with Gasteiger partial charge in [-0.2, -0.15) is 14.6 Å². The molecule has 1 aliphatic rings. The molecule has 2 rings (SSSR count). The highest BCUT2D eigenvalue weighted by Crippen LogP contribution is 2.37. The average molecular weight is 656 g/mol. The third kappa shape index (κ3) is 24.0. The fourth-order valence-electron chi connectivity index (χ4n) is 2.70. The van der Waals surface area contributed by atoms with E-state index >= 15 is 0 Å². The van der Waals surface area contributed by atoms with Gasteiger partial charge in [-0.1, -0.05) is 6.92 Å². The molecule has 17 nitrogen and oxygen atoms in total. The molecule has 1 heterocycles. The van der Waals surface area contributed by atoms with Crippen LogP contribution < -0.4 is 11.5 Å². The van der Waals surface area contributed by atoms with Crippen LogP contribution in [-0.2, 0) is 54.0 Å². The van der Waals surface area contributed by atoms with Crippen molar-refractivity contribution in [2.24, 2.45) is 10.7 Å². The Labute approximate surface area is 271 Å². The van der Waals surface area contributed by atoms with Gasteiger partial charge in [0.25, 0.3) is 6.48 Å². The van der Waals surface area contributed by atoms with Gasteiger partial charge in [0.05, 0.1) is 31.8 Å². The van der Waals surface area contributed by atoms with Crippen LogP contribution in [0.1, 0.15) is 73.0 Å². The maximum Gasteiger partial charge on any atom is 0.415 e. The van der Waals surface area contributed by atoms with Crippen LogP contribution in [0.5, 0.6) is 0 Å². The molecule has 1 fully saturated rings. The maximum atomic E-state index is 11.0. The summed E-state index contributed by atoms with van der Waals surface area (Å²) in [5.41, 5.74) is 11.9. The van der Waals surface area contributed by atoms with Gasteiger partial charge in [0, 0.05) is 25.9 Å². The van der Waals surface area contributed by atoms with Crippen LogP contribution in [0.4, 0.5) is 5.82 Å². The van der Waals surface area contributed by atoms with E-state index in [9.17, 15) is 9.59 Å². The number of rotatable bonds is 15. The summed E-state index contributed by atoms with van der Waals surface area (Å²) in [6, 6.07) is 0.655. The van der Waals surface area contributed by atoms with Crippen molar-refractivity contribution in [3.63, 3.8) is 0 Å². The highest BCUT2D eigenvalue weighted by Gasteiger charge is 2.25. The van der Waals surface area contributed by atoms with Crippen molar-refractivity contribution in [1.29, 1.82) is 0 Å². The molecule has 0 amide bonds. The number of anilines is 1. The van der Waals surface area contributed by atoms with E-state index < -0.39 is 30.7 Å². The Hall–Kier alpha value is -4.38. The molecular formula is C29H49N7O10. The number of imidazole rings is 1. The van der Waals surface area contributed by atoms with Gasteiger partial charge in [-0.3, -0.25) is 15.4 Å². The van der Waals surface area contributed by atoms with Crippen LogP contribution in [0, 0.1) is 13.1 Å². The van der Waals surface area contributed by atoms with Gasteiger partial charge in [-0.05, 0) is 60.8 Å². The molecule has 0 spiro atoms. The minimum absolute atomic E-state index is 0.245. The summed E-state index contributed by atoms with van der Waals surface area (Å²) in [6.07, 6.45) is 4.40. The minimum atomic E-state index is -1.15. The SMILES string of the molecule is CCOC(OCC)OCC.CCc1ncn(C2CC2)c1N.O=C=O.[C-]#[N+]C(N)C(=O)OCC.[C-]#[N+]C(N=COCC)C(=O)OCC. The smallest absolute Gasteiger partial charge is 0.415 e. The number of nitrogens with zero attached hydrogens (tertiary/aromatic N) is 5. The average Bonchev–Trinajstić information content (AvgIpc) is 3.82. The number of carbonyl (C=O) groups excluding carboxylic acids is 4. The molecule has 46 heavy (non-hydrogen) atoms. The van der Waals surface area contributed by atoms with E-state index in [2.05, 4.69) is 40.6 Å². The standard InChI is InChI=1S/C8H13N3.C8H12N2O3.C7H16O3.C5H8N2O2.CO2/c1-2-7-8(9)11(5-10-7)6-3-4-6;1-4-12-6-10-7(9-3)8(11)13-5-2;1-4-8-7(9-5-2)10-6-3;1-3-9-5(8)4(6)7-2;2-1-3/h5-6H,2-4,9H2,1H3;6-7H,4-5H2,1-2H3;7H,4-6H2,1-3H3;4H,3,6H2,1H3;. The Morgan fingerprint density at radius 1 is 0.957 bits per heavy atom. The molecule has 0 radical (unpaired) electrons. The fraction of sp³-hybridized carbons (Fsp3) is 0.690. The molecule has 0 saturated heterocycles. The van der Waals surface area contributed by atoms with Gasteiger partial charge in [-0.25, -0.2) is 27.7 Å². The van der Waals surface area contributed by atoms with E-state index in [1.54, 1.807) is 20.8 Å². The summed E-state index contributed by atoms with van der Waals surface area (Å²) < 4.78 is 31.1. The van der Waals surface area contributed by atoms with Gasteiger partial charge < -0.3 is 38.7 Å². The highest BCUT2D eigenvalue weighted by atomic mass is 16.8. The molecule has 0 aromatic carbocycles. The van der Waals surface area contributed by atoms with Crippen molar-refractivity contribution in [2.75, 3.05) is 45.4 Å². The monoisotopic (exact) mass is 655 g/mol. The van der Waals surface area contributed by atoms with Gasteiger partial charge >= 0.3 is 30.4 Å². The van der Waals surface area contributed by atoms with E-state index in [4.69, 9.17) is 53.1 Å². The van der Waals surface area contributed by atoms with Crippen LogP contribution in [0.15, 0.2) is 11.3 Å². The lowest BCUT2D eigenvalue weighted by atomic mass is 10.3. The van der Waals surface area contributed by atoms with Gasteiger partial charge in [-0.15, -0.1) is 0 Å². The number of nitrogen functional groups attached to an aromatic ring is 1. The number of hydrogen-bond donors (Lipinski definition) is 2. The Balaban J connectivity index is -0.000000524. The lowest BCUT2D eigenvalue weighted by molar-refractivity contribution is -0.282. The third-order valence-corrected chi connectivity index (χ3v) is 4.83. The number of hydrogen-bond acceptors (Lipinski definition) is 14. The van der Waals surface area contributed by atoms with Crippen LogP contribution in [0.2, 0.25) is 0 Å². The minimum Gasteiger partial charge on any atom is -0.483 e. The fourth-order valence-corrected chi connectivity index (χ4v) is 2.70. The lowest BCUT2D eigenvalue weighted by Gasteiger charge is -2.15. The summed E-state index contributed by atoms with van der Waals surface area (Å²) in [5, 5.41) is 0. The van der Waals surface area contributed by atoms with Crippen LogP contribution in [0.25, 0.3) is 9.69 Å². The molecule has 1 saturated carbocycles. The zero-order valence-corrected chi connectivity index (χ0v) is 27.8. The van der Waals surface area contributed by atoms with Gasteiger partial charge in [0.1, 0.15) is 5.82 Å². The first-order valence-corrected chi connectivity index (χ1v) is 14.7. The predicted molar refractivity (Wildman–Crippen MR) is 166 cm³/mol. The first-order valence-electron chi connectivity index (χ1n) is 14.7. The molecule has 1 aliphatic carbocycles. The van der Waals surface area contributed by atoms with Crippen molar-refractivity contribution in [1.82, 2.24) is 9.55 Å². The van der Waals surface area contributed by atoms with E-state index in [1.165, 1.54) is 12.8 Å². The highest BCUT2D eigenvalue weighted by molar-refractivity contribution is 5.78. The van der Waals surface area contributed by atoms with Crippen molar-refractivity contribution >= 4 is 30.3 Å². The normalized spacial score (nSPS) is 12.3. The van der Waals surface area contributed by atoms with Crippen LogP contribution in [-0.4, -0.2) is 92.5 Å². The Morgan fingerprint density at radius 2 is 1.46 bits per heavy atom. The number of aliphatic imine (C=N–C) groups is 1. The second-order valence-corrected chi connectivity index (χ2v) is 8.10. The second-order valence-electron chi connectivity index (χ2n) is 8.10. The zero-order chi connectivity index (χ0) is 35.8. The molecule has 1 aromatic heterocycles. The number of carbonyl (C=O) groups is 2. The summed E-state index contributed by atoms with van der Waals surface area (Å²) >= 11 is 0. The maximum absolute atomic E-state index is 11.0. The summed E-state index contributed by atoms with van der Waals surface area (Å²) in [7, 11) is 0. The van der Waals surface area contributed by atoms with E-state index in [-0.39, 0.29) is 19.4 Å². The summed E-state index contributed by atoms with van der Waals surface area (Å²) in [4.78, 5) is 51.2. The Bertz CT molecular complexity index is 1060. The number of aromatic nitrogens is 2. The van der Waals surface area contributed by atoms with Crippen molar-refractivity contribution in [2.45, 2.75) is 92.6 Å². The number of nitrogens with two attached hydrogens (primary N) is 2. The molecule has 2 unspecified atom stereocenters. The Morgan fingerprint density at radius 3 is 1.80 bits per heavy atom. The lowest BCUT2D eigenvalue weighted by Crippen LogP contribution is -2.28. The summed E-state index contributed by atoms with van der Waals surface area (Å²) in [6.45, 7) is 28.2. The van der Waals surface area contributed by atoms with Crippen molar-refractivity contribution in [3.05, 3.63) is 34.9 Å². The second kappa shape index (κ2) is 32.0. The first-order chi connectivity index (χ1) is 22.1. The van der Waals surface area contributed by atoms with E-state index in [0.29, 0.717) is 32.5 Å². The molecule has 0 aliphatic heterocycles. The largest absolute Gasteiger partial charge is 0.483 e. The number of esters is 2. The Kier molecular flexibility index (Phi) is 32.1. The molecule has 4 N–H and O–H groups in total. The molecular weight excluding hydrogens is 606 g/mol. The number of aryl methyl sites for hydroxylation is 1. The van der Waals surface area contributed by atoms with Gasteiger partial charge in [0.15, 0.2) is 6.40 Å². The van der Waals surface area contributed by atoms with E-state index in [1.807, 2.05) is 27.1 Å². The van der Waals surface area contributed by atoms with Crippen LogP contribution >= 0.6 is 0 Å². The van der Waals surface area contributed by atoms with Crippen molar-refractivity contribution < 1.29 is 47.6 Å². The number of ether oxygens (including phenoxy) is 6.